The maximum Gasteiger partial charge on any atom is 0.270 e. The van der Waals surface area contributed by atoms with Gasteiger partial charge in [-0.1, -0.05) is 18.2 Å². The molecule has 0 spiro atoms. The molecule has 6 heteroatoms. The number of nitrogens with one attached hydrogen (secondary N) is 1. The number of hydrogen-bond acceptors (Lipinski definition) is 3. The molecule has 0 aliphatic heterocycles. The van der Waals surface area contributed by atoms with Crippen LogP contribution in [0.3, 0.4) is 0 Å². The molecule has 0 atom stereocenters. The summed E-state index contributed by atoms with van der Waals surface area (Å²) in [6, 6.07) is 12.4. The molecule has 108 valence electrons. The zero-order chi connectivity index (χ0) is 15.2. The first-order chi connectivity index (χ1) is 9.89. The number of imidazole rings is 1. The van der Waals surface area contributed by atoms with Gasteiger partial charge in [0.1, 0.15) is 0 Å². The zero-order valence-corrected chi connectivity index (χ0v) is 13.3. The molecule has 0 radical (unpaired) electrons. The third-order valence-electron chi connectivity index (χ3n) is 3.28. The fourth-order valence-electron chi connectivity index (χ4n) is 2.46. The Labute approximate surface area is 128 Å². The van der Waals surface area contributed by atoms with E-state index in [4.69, 9.17) is 12.2 Å². The van der Waals surface area contributed by atoms with Crippen LogP contribution in [-0.4, -0.2) is 17.4 Å². The lowest BCUT2D eigenvalue weighted by Gasteiger charge is -2.08. The van der Waals surface area contributed by atoms with Crippen LogP contribution in [0.25, 0.3) is 11.0 Å². The minimum atomic E-state index is -3.72. The SMILES string of the molecule is Cc1cc(C)cc(S(=O)(=O)n2c(=S)[nH]c3ccccc32)c1. The van der Waals surface area contributed by atoms with Crippen LogP contribution < -0.4 is 0 Å². The fourth-order valence-corrected chi connectivity index (χ4v) is 4.52. The number of aromatic nitrogens is 2. The Balaban J connectivity index is 2.35. The summed E-state index contributed by atoms with van der Waals surface area (Å²) in [5.41, 5.74) is 3.07. The van der Waals surface area contributed by atoms with Gasteiger partial charge >= 0.3 is 0 Å². The lowest BCUT2D eigenvalue weighted by atomic mass is 10.2. The van der Waals surface area contributed by atoms with Crippen LogP contribution in [0.5, 0.6) is 0 Å². The molecule has 0 bridgehead atoms. The molecule has 2 aromatic carbocycles. The molecule has 21 heavy (non-hydrogen) atoms. The average Bonchev–Trinajstić information content (AvgIpc) is 2.73. The van der Waals surface area contributed by atoms with Crippen molar-refractivity contribution in [3.05, 3.63) is 58.4 Å². The summed E-state index contributed by atoms with van der Waals surface area (Å²) in [5.74, 6) is 0. The van der Waals surface area contributed by atoms with Crippen LogP contribution in [0.4, 0.5) is 0 Å². The van der Waals surface area contributed by atoms with Gasteiger partial charge in [0.15, 0.2) is 4.77 Å². The first-order valence-electron chi connectivity index (χ1n) is 6.43. The number of benzene rings is 2. The Morgan fingerprint density at radius 2 is 1.67 bits per heavy atom. The van der Waals surface area contributed by atoms with Gasteiger partial charge in [-0.15, -0.1) is 0 Å². The van der Waals surface area contributed by atoms with Crippen molar-refractivity contribution >= 4 is 33.3 Å². The maximum absolute atomic E-state index is 12.9. The van der Waals surface area contributed by atoms with Crippen LogP contribution in [-0.2, 0) is 10.0 Å². The molecule has 0 saturated carbocycles. The number of rotatable bonds is 2. The molecular weight excluding hydrogens is 304 g/mol. The van der Waals surface area contributed by atoms with Gasteiger partial charge in [-0.05, 0) is 61.5 Å². The van der Waals surface area contributed by atoms with Gasteiger partial charge in [0.05, 0.1) is 15.9 Å². The summed E-state index contributed by atoms with van der Waals surface area (Å²) in [7, 11) is -3.72. The minimum absolute atomic E-state index is 0.176. The van der Waals surface area contributed by atoms with Crippen molar-refractivity contribution in [2.45, 2.75) is 18.7 Å². The monoisotopic (exact) mass is 318 g/mol. The summed E-state index contributed by atoms with van der Waals surface area (Å²) < 4.78 is 27.2. The number of aromatic amines is 1. The third kappa shape index (κ3) is 2.30. The smallest absolute Gasteiger partial charge is 0.270 e. The van der Waals surface area contributed by atoms with E-state index < -0.39 is 10.0 Å². The quantitative estimate of drug-likeness (QED) is 0.735. The second-order valence-electron chi connectivity index (χ2n) is 5.04. The summed E-state index contributed by atoms with van der Waals surface area (Å²) in [6.45, 7) is 3.75. The molecule has 0 unspecified atom stereocenters. The molecule has 0 aliphatic carbocycles. The number of aryl methyl sites for hydroxylation is 2. The predicted octanol–water partition coefficient (Wildman–Crippen LogP) is 3.55. The number of nitrogens with zero attached hydrogens (tertiary/aromatic N) is 1. The largest absolute Gasteiger partial charge is 0.330 e. The van der Waals surface area contributed by atoms with Crippen molar-refractivity contribution in [3.63, 3.8) is 0 Å². The van der Waals surface area contributed by atoms with Crippen LogP contribution in [0.2, 0.25) is 0 Å². The Morgan fingerprint density at radius 1 is 1.05 bits per heavy atom. The van der Waals surface area contributed by atoms with Gasteiger partial charge < -0.3 is 4.98 Å². The Bertz CT molecular complexity index is 978. The molecule has 3 aromatic rings. The fraction of sp³-hybridized carbons (Fsp3) is 0.133. The zero-order valence-electron chi connectivity index (χ0n) is 11.6. The lowest BCUT2D eigenvalue weighted by molar-refractivity contribution is 0.588. The van der Waals surface area contributed by atoms with Crippen LogP contribution in [0.15, 0.2) is 47.4 Å². The topological polar surface area (TPSA) is 54.9 Å². The number of H-pyrrole nitrogens is 1. The molecule has 3 rings (SSSR count). The second kappa shape index (κ2) is 4.82. The van der Waals surface area contributed by atoms with E-state index in [1.54, 1.807) is 30.3 Å². The standard InChI is InChI=1S/C15H14N2O2S2/c1-10-7-11(2)9-12(8-10)21(18,19)17-14-6-4-3-5-13(14)16-15(17)20/h3-9H,1-2H3,(H,16,20). The van der Waals surface area contributed by atoms with E-state index in [-0.39, 0.29) is 9.67 Å². The Kier molecular flexibility index (Phi) is 3.22. The van der Waals surface area contributed by atoms with E-state index in [0.29, 0.717) is 11.0 Å². The highest BCUT2D eigenvalue weighted by molar-refractivity contribution is 7.90. The molecule has 1 heterocycles. The molecule has 4 nitrogen and oxygen atoms in total. The average molecular weight is 318 g/mol. The normalized spacial score (nSPS) is 11.9. The van der Waals surface area contributed by atoms with Gasteiger partial charge in [-0.3, -0.25) is 0 Å². The maximum atomic E-state index is 12.9. The predicted molar refractivity (Wildman–Crippen MR) is 85.6 cm³/mol. The van der Waals surface area contributed by atoms with Gasteiger partial charge in [0.25, 0.3) is 10.0 Å². The number of fused-ring (bicyclic) bond motifs is 1. The number of para-hydroxylation sites is 2. The van der Waals surface area contributed by atoms with Crippen molar-refractivity contribution in [2.24, 2.45) is 0 Å². The Morgan fingerprint density at radius 3 is 2.33 bits per heavy atom. The molecule has 0 saturated heterocycles. The highest BCUT2D eigenvalue weighted by atomic mass is 32.2. The van der Waals surface area contributed by atoms with Crippen LogP contribution in [0, 0.1) is 18.6 Å². The van der Waals surface area contributed by atoms with Crippen molar-refractivity contribution in [1.82, 2.24) is 8.96 Å². The second-order valence-corrected chi connectivity index (χ2v) is 7.21. The van der Waals surface area contributed by atoms with Crippen molar-refractivity contribution < 1.29 is 8.42 Å². The van der Waals surface area contributed by atoms with E-state index in [1.807, 2.05) is 26.0 Å². The minimum Gasteiger partial charge on any atom is -0.330 e. The molecule has 1 aromatic heterocycles. The van der Waals surface area contributed by atoms with Crippen LogP contribution in [0.1, 0.15) is 11.1 Å². The van der Waals surface area contributed by atoms with Gasteiger partial charge in [-0.25, -0.2) is 12.4 Å². The van der Waals surface area contributed by atoms with E-state index in [0.717, 1.165) is 11.1 Å². The van der Waals surface area contributed by atoms with Gasteiger partial charge in [-0.2, -0.15) is 0 Å². The van der Waals surface area contributed by atoms with E-state index in [1.165, 1.54) is 3.97 Å². The summed E-state index contributed by atoms with van der Waals surface area (Å²) in [5, 5.41) is 0. The van der Waals surface area contributed by atoms with Crippen molar-refractivity contribution in [3.8, 4) is 0 Å². The van der Waals surface area contributed by atoms with Gasteiger partial charge in [0, 0.05) is 0 Å². The molecule has 0 fully saturated rings. The highest BCUT2D eigenvalue weighted by Crippen LogP contribution is 2.22. The molecule has 1 N–H and O–H groups in total. The Hall–Kier alpha value is -1.92. The first kappa shape index (κ1) is 14.0. The summed E-state index contributed by atoms with van der Waals surface area (Å²) in [6.07, 6.45) is 0. The summed E-state index contributed by atoms with van der Waals surface area (Å²) in [4.78, 5) is 3.18. The number of hydrogen-bond donors (Lipinski definition) is 1. The molecule has 0 aliphatic rings. The van der Waals surface area contributed by atoms with Crippen molar-refractivity contribution in [2.75, 3.05) is 0 Å². The highest BCUT2D eigenvalue weighted by Gasteiger charge is 2.21. The third-order valence-corrected chi connectivity index (χ3v) is 5.37. The molecular formula is C15H14N2O2S2. The van der Waals surface area contributed by atoms with Crippen molar-refractivity contribution in [1.29, 1.82) is 0 Å². The van der Waals surface area contributed by atoms with Gasteiger partial charge in [0.2, 0.25) is 0 Å². The lowest BCUT2D eigenvalue weighted by Crippen LogP contribution is -2.13. The first-order valence-corrected chi connectivity index (χ1v) is 8.28. The van der Waals surface area contributed by atoms with E-state index in [2.05, 4.69) is 4.98 Å². The van der Waals surface area contributed by atoms with E-state index >= 15 is 0 Å². The van der Waals surface area contributed by atoms with E-state index in [9.17, 15) is 8.42 Å². The summed E-state index contributed by atoms with van der Waals surface area (Å²) >= 11 is 5.19. The van der Waals surface area contributed by atoms with Crippen LogP contribution >= 0.6 is 12.2 Å². The molecule has 0 amide bonds.